The molecule has 2 fully saturated rings. The lowest BCUT2D eigenvalue weighted by atomic mass is 9.84. The zero-order valence-corrected chi connectivity index (χ0v) is 24.7. The lowest BCUT2D eigenvalue weighted by molar-refractivity contribution is -0.139. The number of halogens is 2. The Morgan fingerprint density at radius 2 is 1.85 bits per heavy atom. The van der Waals surface area contributed by atoms with Crippen molar-refractivity contribution in [3.8, 4) is 17.1 Å². The van der Waals surface area contributed by atoms with E-state index in [1.165, 1.54) is 0 Å². The number of rotatable bonds is 9. The van der Waals surface area contributed by atoms with Crippen LogP contribution >= 0.6 is 23.2 Å². The second kappa shape index (κ2) is 13.6. The number of carboxylic acid groups (broad SMARTS) is 1. The van der Waals surface area contributed by atoms with E-state index < -0.39 is 5.97 Å². The Bertz CT molecular complexity index is 1270. The number of benzene rings is 1. The normalized spacial score (nSPS) is 18.4. The summed E-state index contributed by atoms with van der Waals surface area (Å²) in [4.78, 5) is 31.1. The summed E-state index contributed by atoms with van der Waals surface area (Å²) in [5, 5.41) is 10.2. The van der Waals surface area contributed by atoms with E-state index in [2.05, 4.69) is 38.4 Å². The number of piperazine rings is 1. The fourth-order valence-corrected chi connectivity index (χ4v) is 5.45. The molecule has 2 aromatic rings. The van der Waals surface area contributed by atoms with E-state index in [4.69, 9.17) is 38.0 Å². The third-order valence-corrected chi connectivity index (χ3v) is 7.70. The number of likely N-dealkylation sites (tertiary alicyclic amines) is 1. The number of aliphatic carboxylic acids is 1. The summed E-state index contributed by atoms with van der Waals surface area (Å²) in [6.07, 6.45) is 1.83. The van der Waals surface area contributed by atoms with Gasteiger partial charge in [0.15, 0.2) is 0 Å². The van der Waals surface area contributed by atoms with Crippen molar-refractivity contribution in [2.45, 2.75) is 26.8 Å². The SMILES string of the molecule is C=N/C(=N\C=C(/C)Oc1cc(CN2CC(C(C)CC(=O)O)C2)cc(-c2cc(Cl)cc(Cl)c2)n1)N1CCN(C)CC1. The lowest BCUT2D eigenvalue weighted by Crippen LogP contribution is -2.49. The summed E-state index contributed by atoms with van der Waals surface area (Å²) in [6.45, 7) is 13.5. The molecule has 0 amide bonds. The second-order valence-corrected chi connectivity index (χ2v) is 11.5. The summed E-state index contributed by atoms with van der Waals surface area (Å²) in [6, 6.07) is 9.25. The molecule has 0 saturated carbocycles. The highest BCUT2D eigenvalue weighted by atomic mass is 35.5. The molecule has 40 heavy (non-hydrogen) atoms. The van der Waals surface area contributed by atoms with Crippen molar-refractivity contribution in [2.75, 3.05) is 46.3 Å². The molecule has 0 spiro atoms. The Labute approximate surface area is 245 Å². The maximum atomic E-state index is 11.1. The third-order valence-electron chi connectivity index (χ3n) is 7.27. The molecule has 2 aliphatic heterocycles. The molecule has 1 atom stereocenters. The smallest absolute Gasteiger partial charge is 0.303 e. The number of hydrogen-bond donors (Lipinski definition) is 1. The summed E-state index contributed by atoms with van der Waals surface area (Å²) in [7, 11) is 2.10. The average Bonchev–Trinajstić information content (AvgIpc) is 2.86. The van der Waals surface area contributed by atoms with E-state index in [-0.39, 0.29) is 12.3 Å². The molecule has 1 N–H and O–H groups in total. The number of aromatic nitrogens is 1. The molecule has 0 radical (unpaired) electrons. The van der Waals surface area contributed by atoms with Crippen LogP contribution in [-0.4, -0.2) is 89.8 Å². The van der Waals surface area contributed by atoms with Crippen LogP contribution in [-0.2, 0) is 11.3 Å². The highest BCUT2D eigenvalue weighted by molar-refractivity contribution is 6.35. The van der Waals surface area contributed by atoms with Gasteiger partial charge in [0, 0.05) is 73.9 Å². The van der Waals surface area contributed by atoms with E-state index in [0.29, 0.717) is 45.8 Å². The van der Waals surface area contributed by atoms with Crippen molar-refractivity contribution in [3.05, 3.63) is 57.9 Å². The summed E-state index contributed by atoms with van der Waals surface area (Å²) < 4.78 is 6.12. The molecule has 0 aliphatic carbocycles. The predicted octanol–water partition coefficient (Wildman–Crippen LogP) is 5.14. The maximum Gasteiger partial charge on any atom is 0.303 e. The third kappa shape index (κ3) is 8.27. The molecule has 11 heteroatoms. The van der Waals surface area contributed by atoms with Gasteiger partial charge in [0.25, 0.3) is 0 Å². The Kier molecular flexibility index (Phi) is 10.2. The minimum absolute atomic E-state index is 0.142. The number of aliphatic imine (C=N–C) groups is 2. The minimum Gasteiger partial charge on any atom is -0.481 e. The first-order valence-electron chi connectivity index (χ1n) is 13.3. The van der Waals surface area contributed by atoms with Gasteiger partial charge in [-0.3, -0.25) is 9.69 Å². The van der Waals surface area contributed by atoms with Crippen LogP contribution in [0.15, 0.2) is 52.3 Å². The molecule has 0 bridgehead atoms. The number of likely N-dealkylation sites (N-methyl/N-ethyl adjacent to an activating group) is 1. The first-order chi connectivity index (χ1) is 19.1. The largest absolute Gasteiger partial charge is 0.481 e. The molecule has 2 saturated heterocycles. The van der Waals surface area contributed by atoms with E-state index in [1.54, 1.807) is 12.3 Å². The highest BCUT2D eigenvalue weighted by Gasteiger charge is 2.32. The standard InChI is InChI=1S/C29H36Cl2N6O3/c1-19(9-28(38)39)23-17-36(18-23)16-21-10-26(22-12-24(30)14-25(31)13-22)34-27(11-21)40-20(2)15-33-29(32-3)37-7-5-35(4)6-8-37/h10-15,19,23H,3,5-9,16-18H2,1-2,4H3,(H,38,39)/b20-15+,33-29+. The summed E-state index contributed by atoms with van der Waals surface area (Å²) in [5.41, 5.74) is 2.49. The van der Waals surface area contributed by atoms with Gasteiger partial charge in [-0.1, -0.05) is 30.1 Å². The van der Waals surface area contributed by atoms with E-state index >= 15 is 0 Å². The van der Waals surface area contributed by atoms with E-state index in [9.17, 15) is 4.79 Å². The Morgan fingerprint density at radius 3 is 2.48 bits per heavy atom. The van der Waals surface area contributed by atoms with E-state index in [0.717, 1.165) is 50.4 Å². The zero-order valence-electron chi connectivity index (χ0n) is 23.2. The van der Waals surface area contributed by atoms with Gasteiger partial charge in [0.1, 0.15) is 5.76 Å². The molecule has 4 rings (SSSR count). The molecule has 2 aliphatic rings. The lowest BCUT2D eigenvalue weighted by Gasteiger charge is -2.42. The predicted molar refractivity (Wildman–Crippen MR) is 160 cm³/mol. The van der Waals surface area contributed by atoms with Gasteiger partial charge in [0.2, 0.25) is 11.8 Å². The molecular weight excluding hydrogens is 551 g/mol. The highest BCUT2D eigenvalue weighted by Crippen LogP contribution is 2.31. The number of guanidine groups is 1. The molecule has 3 heterocycles. The van der Waals surface area contributed by atoms with Crippen LogP contribution in [0, 0.1) is 11.8 Å². The number of hydrogen-bond acceptors (Lipinski definition) is 6. The first-order valence-corrected chi connectivity index (χ1v) is 14.1. The molecular formula is C29H36Cl2N6O3. The van der Waals surface area contributed by atoms with Crippen LogP contribution in [0.25, 0.3) is 11.3 Å². The van der Waals surface area contributed by atoms with Gasteiger partial charge < -0.3 is 19.6 Å². The van der Waals surface area contributed by atoms with Crippen molar-refractivity contribution in [3.63, 3.8) is 0 Å². The number of ether oxygens (including phenoxy) is 1. The van der Waals surface area contributed by atoms with E-state index in [1.807, 2.05) is 38.1 Å². The van der Waals surface area contributed by atoms with Crippen molar-refractivity contribution in [1.29, 1.82) is 0 Å². The first kappa shape index (κ1) is 30.0. The minimum atomic E-state index is -0.751. The molecule has 214 valence electrons. The molecule has 1 aromatic heterocycles. The number of carbonyl (C=O) groups is 1. The Morgan fingerprint density at radius 1 is 1.18 bits per heavy atom. The van der Waals surface area contributed by atoms with Crippen LogP contribution in [0.5, 0.6) is 5.88 Å². The Hall–Kier alpha value is -2.98. The van der Waals surface area contributed by atoms with Crippen LogP contribution in [0.2, 0.25) is 10.0 Å². The van der Waals surface area contributed by atoms with Crippen LogP contribution in [0.3, 0.4) is 0 Å². The fraction of sp³-hybridized carbons (Fsp3) is 0.448. The van der Waals surface area contributed by atoms with Crippen molar-refractivity contribution >= 4 is 41.8 Å². The van der Waals surface area contributed by atoms with Crippen LogP contribution < -0.4 is 4.74 Å². The number of nitrogens with zero attached hydrogens (tertiary/aromatic N) is 6. The molecule has 1 unspecified atom stereocenters. The van der Waals surface area contributed by atoms with Crippen LogP contribution in [0.4, 0.5) is 0 Å². The molecule has 9 nitrogen and oxygen atoms in total. The van der Waals surface area contributed by atoms with Gasteiger partial charge in [-0.05, 0) is 62.4 Å². The van der Waals surface area contributed by atoms with Gasteiger partial charge in [-0.15, -0.1) is 0 Å². The average molecular weight is 588 g/mol. The van der Waals surface area contributed by atoms with Gasteiger partial charge >= 0.3 is 5.97 Å². The van der Waals surface area contributed by atoms with Crippen LogP contribution in [0.1, 0.15) is 25.8 Å². The monoisotopic (exact) mass is 586 g/mol. The van der Waals surface area contributed by atoms with Gasteiger partial charge in [-0.25, -0.2) is 15.0 Å². The van der Waals surface area contributed by atoms with Crippen molar-refractivity contribution in [1.82, 2.24) is 19.7 Å². The van der Waals surface area contributed by atoms with Gasteiger partial charge in [-0.2, -0.15) is 0 Å². The quantitative estimate of drug-likeness (QED) is 0.247. The Balaban J connectivity index is 1.53. The van der Waals surface area contributed by atoms with Crippen molar-refractivity contribution < 1.29 is 14.6 Å². The topological polar surface area (TPSA) is 93.9 Å². The second-order valence-electron chi connectivity index (χ2n) is 10.6. The fourth-order valence-electron chi connectivity index (χ4n) is 4.92. The number of pyridine rings is 1. The van der Waals surface area contributed by atoms with Crippen molar-refractivity contribution in [2.24, 2.45) is 21.8 Å². The number of carboxylic acids is 1. The summed E-state index contributed by atoms with van der Waals surface area (Å²) in [5.74, 6) is 1.31. The maximum absolute atomic E-state index is 11.1. The summed E-state index contributed by atoms with van der Waals surface area (Å²) >= 11 is 12.6. The number of allylic oxidation sites excluding steroid dienone is 1. The van der Waals surface area contributed by atoms with Gasteiger partial charge in [0.05, 0.1) is 11.9 Å². The molecule has 1 aromatic carbocycles. The zero-order chi connectivity index (χ0) is 28.8.